The van der Waals surface area contributed by atoms with Crippen molar-refractivity contribution in [1.29, 1.82) is 0 Å². The first kappa shape index (κ1) is 11.4. The van der Waals surface area contributed by atoms with E-state index in [1.165, 1.54) is 5.19 Å². The molecular weight excluding hydrogens is 188 g/mol. The van der Waals surface area contributed by atoms with Crippen molar-refractivity contribution in [3.63, 3.8) is 0 Å². The molecular formula is C11H20N2Si. The molecule has 0 aliphatic carbocycles. The van der Waals surface area contributed by atoms with Gasteiger partial charge in [-0.25, -0.2) is 0 Å². The summed E-state index contributed by atoms with van der Waals surface area (Å²) in [5, 5.41) is 4.91. The minimum atomic E-state index is -1.28. The molecule has 0 fully saturated rings. The van der Waals surface area contributed by atoms with Gasteiger partial charge in [-0.2, -0.15) is 0 Å². The number of nitrogens with one attached hydrogen (secondary N) is 1. The average molecular weight is 208 g/mol. The molecule has 0 aromatic heterocycles. The van der Waals surface area contributed by atoms with E-state index in [4.69, 9.17) is 5.73 Å². The molecule has 3 heteroatoms. The molecule has 0 radical (unpaired) electrons. The van der Waals surface area contributed by atoms with Gasteiger partial charge < -0.3 is 11.1 Å². The smallest absolute Gasteiger partial charge is 0.0945 e. The van der Waals surface area contributed by atoms with Gasteiger partial charge >= 0.3 is 0 Å². The van der Waals surface area contributed by atoms with Crippen LogP contribution in [0.1, 0.15) is 0 Å². The van der Waals surface area contributed by atoms with Gasteiger partial charge in [-0.05, 0) is 6.17 Å². The molecule has 0 aliphatic heterocycles. The summed E-state index contributed by atoms with van der Waals surface area (Å²) in [6.45, 7) is 6.40. The molecule has 0 aliphatic rings. The molecule has 0 saturated heterocycles. The third-order valence-electron chi connectivity index (χ3n) is 2.44. The van der Waals surface area contributed by atoms with E-state index in [1.807, 2.05) is 0 Å². The SMILES string of the molecule is C[Si](C)(CNCCN)c1ccccc1. The van der Waals surface area contributed by atoms with Crippen LogP contribution in [-0.2, 0) is 0 Å². The second kappa shape index (κ2) is 5.29. The molecule has 0 atom stereocenters. The Morgan fingerprint density at radius 2 is 1.86 bits per heavy atom. The Balaban J connectivity index is 2.56. The normalized spacial score (nSPS) is 11.6. The molecule has 0 saturated carbocycles. The predicted molar refractivity (Wildman–Crippen MR) is 65.5 cm³/mol. The highest BCUT2D eigenvalue weighted by molar-refractivity contribution is 6.89. The van der Waals surface area contributed by atoms with E-state index in [0.717, 1.165) is 19.3 Å². The maximum atomic E-state index is 5.45. The zero-order chi connectivity index (χ0) is 10.4. The fraction of sp³-hybridized carbons (Fsp3) is 0.455. The van der Waals surface area contributed by atoms with Crippen LogP contribution in [0.4, 0.5) is 0 Å². The molecule has 1 rings (SSSR count). The number of nitrogens with two attached hydrogens (primary N) is 1. The highest BCUT2D eigenvalue weighted by Gasteiger charge is 2.21. The number of hydrogen-bond donors (Lipinski definition) is 2. The maximum Gasteiger partial charge on any atom is 0.0945 e. The van der Waals surface area contributed by atoms with Crippen molar-refractivity contribution in [2.75, 3.05) is 19.3 Å². The summed E-state index contributed by atoms with van der Waals surface area (Å²) in [6.07, 6.45) is 1.11. The van der Waals surface area contributed by atoms with Crippen LogP contribution in [0.15, 0.2) is 30.3 Å². The van der Waals surface area contributed by atoms with E-state index in [2.05, 4.69) is 48.7 Å². The largest absolute Gasteiger partial charge is 0.329 e. The lowest BCUT2D eigenvalue weighted by Gasteiger charge is -2.23. The van der Waals surface area contributed by atoms with Gasteiger partial charge in [-0.1, -0.05) is 48.6 Å². The van der Waals surface area contributed by atoms with Gasteiger partial charge in [0.05, 0.1) is 8.07 Å². The number of benzene rings is 1. The van der Waals surface area contributed by atoms with Crippen molar-refractivity contribution in [1.82, 2.24) is 5.32 Å². The van der Waals surface area contributed by atoms with Crippen LogP contribution < -0.4 is 16.2 Å². The third kappa shape index (κ3) is 3.25. The first-order valence-corrected chi connectivity index (χ1v) is 8.34. The van der Waals surface area contributed by atoms with E-state index in [-0.39, 0.29) is 0 Å². The second-order valence-corrected chi connectivity index (χ2v) is 8.91. The van der Waals surface area contributed by atoms with Crippen molar-refractivity contribution in [3.8, 4) is 0 Å². The van der Waals surface area contributed by atoms with Crippen LogP contribution in [0.25, 0.3) is 0 Å². The van der Waals surface area contributed by atoms with Gasteiger partial charge in [0.1, 0.15) is 0 Å². The first-order valence-electron chi connectivity index (χ1n) is 5.13. The Bertz CT molecular complexity index is 259. The van der Waals surface area contributed by atoms with Gasteiger partial charge in [0.15, 0.2) is 0 Å². The van der Waals surface area contributed by atoms with Gasteiger partial charge in [-0.3, -0.25) is 0 Å². The summed E-state index contributed by atoms with van der Waals surface area (Å²) in [5.41, 5.74) is 5.45. The maximum absolute atomic E-state index is 5.45. The fourth-order valence-electron chi connectivity index (χ4n) is 1.49. The molecule has 1 aromatic carbocycles. The van der Waals surface area contributed by atoms with Crippen molar-refractivity contribution < 1.29 is 0 Å². The Hall–Kier alpha value is -0.643. The molecule has 1 aromatic rings. The van der Waals surface area contributed by atoms with Crippen LogP contribution in [0.5, 0.6) is 0 Å². The van der Waals surface area contributed by atoms with Crippen molar-refractivity contribution in [2.45, 2.75) is 13.1 Å². The zero-order valence-corrected chi connectivity index (χ0v) is 10.1. The minimum Gasteiger partial charge on any atom is -0.329 e. The van der Waals surface area contributed by atoms with Crippen LogP contribution in [0.2, 0.25) is 13.1 Å². The standard InChI is InChI=1S/C11H20N2Si/c1-14(2,10-13-9-8-12)11-6-4-3-5-7-11/h3-7,13H,8-10,12H2,1-2H3. The number of hydrogen-bond acceptors (Lipinski definition) is 2. The quantitative estimate of drug-likeness (QED) is 0.552. The highest BCUT2D eigenvalue weighted by Crippen LogP contribution is 2.01. The van der Waals surface area contributed by atoms with E-state index in [0.29, 0.717) is 0 Å². The van der Waals surface area contributed by atoms with E-state index < -0.39 is 8.07 Å². The monoisotopic (exact) mass is 208 g/mol. The predicted octanol–water partition coefficient (Wildman–Crippen LogP) is 0.690. The molecule has 0 spiro atoms. The summed E-state index contributed by atoms with van der Waals surface area (Å²) in [7, 11) is -1.28. The summed E-state index contributed by atoms with van der Waals surface area (Å²) < 4.78 is 0. The lowest BCUT2D eigenvalue weighted by Crippen LogP contribution is -2.51. The third-order valence-corrected chi connectivity index (χ3v) is 5.47. The van der Waals surface area contributed by atoms with Gasteiger partial charge in [0.25, 0.3) is 0 Å². The van der Waals surface area contributed by atoms with Gasteiger partial charge in [0.2, 0.25) is 0 Å². The molecule has 2 nitrogen and oxygen atoms in total. The van der Waals surface area contributed by atoms with Crippen molar-refractivity contribution >= 4 is 13.3 Å². The average Bonchev–Trinajstić information content (AvgIpc) is 2.19. The van der Waals surface area contributed by atoms with E-state index >= 15 is 0 Å². The minimum absolute atomic E-state index is 0.721. The lowest BCUT2D eigenvalue weighted by atomic mass is 10.4. The van der Waals surface area contributed by atoms with Crippen LogP contribution >= 0.6 is 0 Å². The molecule has 78 valence electrons. The fourth-order valence-corrected chi connectivity index (χ4v) is 3.60. The number of rotatable bonds is 5. The first-order chi connectivity index (χ1) is 6.67. The molecule has 0 unspecified atom stereocenters. The van der Waals surface area contributed by atoms with E-state index in [1.54, 1.807) is 0 Å². The summed E-state index contributed by atoms with van der Waals surface area (Å²) in [6, 6.07) is 10.8. The van der Waals surface area contributed by atoms with Gasteiger partial charge in [0, 0.05) is 13.1 Å². The second-order valence-electron chi connectivity index (χ2n) is 4.22. The van der Waals surface area contributed by atoms with Crippen LogP contribution in [-0.4, -0.2) is 27.3 Å². The molecule has 0 bridgehead atoms. The van der Waals surface area contributed by atoms with Crippen LogP contribution in [0, 0.1) is 0 Å². The Labute approximate surface area is 87.5 Å². The summed E-state index contributed by atoms with van der Waals surface area (Å²) in [5.74, 6) is 0. The van der Waals surface area contributed by atoms with E-state index in [9.17, 15) is 0 Å². The summed E-state index contributed by atoms with van der Waals surface area (Å²) >= 11 is 0. The summed E-state index contributed by atoms with van der Waals surface area (Å²) in [4.78, 5) is 0. The molecule has 0 amide bonds. The molecule has 0 heterocycles. The topological polar surface area (TPSA) is 38.0 Å². The highest BCUT2D eigenvalue weighted by atomic mass is 28.3. The van der Waals surface area contributed by atoms with Crippen molar-refractivity contribution in [2.24, 2.45) is 5.73 Å². The Morgan fingerprint density at radius 1 is 1.21 bits per heavy atom. The molecule has 14 heavy (non-hydrogen) atoms. The lowest BCUT2D eigenvalue weighted by molar-refractivity contribution is 0.770. The Morgan fingerprint density at radius 3 is 2.43 bits per heavy atom. The van der Waals surface area contributed by atoms with Crippen molar-refractivity contribution in [3.05, 3.63) is 30.3 Å². The zero-order valence-electron chi connectivity index (χ0n) is 9.09. The molecule has 3 N–H and O–H groups in total. The Kier molecular flexibility index (Phi) is 4.32. The van der Waals surface area contributed by atoms with Gasteiger partial charge in [-0.15, -0.1) is 0 Å². The van der Waals surface area contributed by atoms with Crippen LogP contribution in [0.3, 0.4) is 0 Å².